The summed E-state index contributed by atoms with van der Waals surface area (Å²) in [6, 6.07) is 16.8. The molecule has 0 saturated carbocycles. The SMILES string of the molecule is Cc1ccccc1C(C)Nc1ccc(-n2nccn2)cc1. The van der Waals surface area contributed by atoms with Gasteiger partial charge < -0.3 is 5.32 Å². The number of anilines is 1. The lowest BCUT2D eigenvalue weighted by Crippen LogP contribution is -2.08. The number of rotatable bonds is 4. The Morgan fingerprint density at radius 3 is 2.29 bits per heavy atom. The zero-order valence-corrected chi connectivity index (χ0v) is 12.2. The molecule has 3 aromatic rings. The van der Waals surface area contributed by atoms with Gasteiger partial charge in [-0.05, 0) is 49.2 Å². The Balaban J connectivity index is 1.75. The summed E-state index contributed by atoms with van der Waals surface area (Å²) in [6.45, 7) is 4.31. The first-order chi connectivity index (χ1) is 10.2. The molecule has 21 heavy (non-hydrogen) atoms. The second kappa shape index (κ2) is 5.79. The smallest absolute Gasteiger partial charge is 0.0858 e. The molecular formula is C17H18N4. The summed E-state index contributed by atoms with van der Waals surface area (Å²) < 4.78 is 0. The largest absolute Gasteiger partial charge is 0.379 e. The van der Waals surface area contributed by atoms with Crippen LogP contribution in [0.3, 0.4) is 0 Å². The van der Waals surface area contributed by atoms with Crippen LogP contribution in [0, 0.1) is 6.92 Å². The van der Waals surface area contributed by atoms with Crippen LogP contribution in [0.1, 0.15) is 24.1 Å². The second-order valence-electron chi connectivity index (χ2n) is 5.09. The highest BCUT2D eigenvalue weighted by Crippen LogP contribution is 2.22. The van der Waals surface area contributed by atoms with Crippen molar-refractivity contribution in [2.45, 2.75) is 19.9 Å². The van der Waals surface area contributed by atoms with Gasteiger partial charge in [-0.2, -0.15) is 15.0 Å². The summed E-state index contributed by atoms with van der Waals surface area (Å²) in [7, 11) is 0. The minimum atomic E-state index is 0.264. The van der Waals surface area contributed by atoms with Gasteiger partial charge in [-0.3, -0.25) is 0 Å². The predicted octanol–water partition coefficient (Wildman–Crippen LogP) is 3.75. The minimum Gasteiger partial charge on any atom is -0.379 e. The van der Waals surface area contributed by atoms with Crippen LogP contribution in [-0.4, -0.2) is 15.0 Å². The molecule has 0 spiro atoms. The van der Waals surface area contributed by atoms with Gasteiger partial charge in [-0.1, -0.05) is 24.3 Å². The maximum absolute atomic E-state index is 4.12. The highest BCUT2D eigenvalue weighted by atomic mass is 15.5. The highest BCUT2D eigenvalue weighted by molar-refractivity contribution is 5.50. The Bertz CT molecular complexity index is 702. The zero-order chi connectivity index (χ0) is 14.7. The average molecular weight is 278 g/mol. The Morgan fingerprint density at radius 1 is 0.952 bits per heavy atom. The molecule has 1 heterocycles. The molecule has 1 unspecified atom stereocenters. The van der Waals surface area contributed by atoms with Crippen LogP contribution >= 0.6 is 0 Å². The molecule has 0 amide bonds. The first-order valence-electron chi connectivity index (χ1n) is 7.03. The lowest BCUT2D eigenvalue weighted by molar-refractivity contribution is 0.752. The predicted molar refractivity (Wildman–Crippen MR) is 84.6 cm³/mol. The topological polar surface area (TPSA) is 42.7 Å². The van der Waals surface area contributed by atoms with Gasteiger partial charge in [-0.15, -0.1) is 0 Å². The molecule has 0 radical (unpaired) electrons. The van der Waals surface area contributed by atoms with Crippen molar-refractivity contribution in [3.63, 3.8) is 0 Å². The van der Waals surface area contributed by atoms with Crippen LogP contribution in [0.25, 0.3) is 5.69 Å². The molecule has 0 bridgehead atoms. The van der Waals surface area contributed by atoms with E-state index < -0.39 is 0 Å². The molecule has 0 fully saturated rings. The van der Waals surface area contributed by atoms with E-state index in [0.717, 1.165) is 11.4 Å². The fourth-order valence-corrected chi connectivity index (χ4v) is 2.44. The number of hydrogen-bond acceptors (Lipinski definition) is 3. The van der Waals surface area contributed by atoms with Crippen LogP contribution in [-0.2, 0) is 0 Å². The van der Waals surface area contributed by atoms with Gasteiger partial charge in [0.05, 0.1) is 18.1 Å². The molecule has 0 aliphatic carbocycles. The summed E-state index contributed by atoms with van der Waals surface area (Å²) in [5.41, 5.74) is 4.65. The normalized spacial score (nSPS) is 12.1. The first kappa shape index (κ1) is 13.4. The molecule has 0 aliphatic rings. The van der Waals surface area contributed by atoms with Crippen molar-refractivity contribution in [3.8, 4) is 5.69 Å². The van der Waals surface area contributed by atoms with Crippen molar-refractivity contribution in [1.82, 2.24) is 15.0 Å². The minimum absolute atomic E-state index is 0.264. The van der Waals surface area contributed by atoms with E-state index in [1.807, 2.05) is 24.3 Å². The maximum Gasteiger partial charge on any atom is 0.0858 e. The monoisotopic (exact) mass is 278 g/mol. The first-order valence-corrected chi connectivity index (χ1v) is 7.03. The molecule has 4 heteroatoms. The van der Waals surface area contributed by atoms with Gasteiger partial charge in [0.25, 0.3) is 0 Å². The van der Waals surface area contributed by atoms with Crippen LogP contribution < -0.4 is 5.32 Å². The van der Waals surface area contributed by atoms with Gasteiger partial charge in [0.15, 0.2) is 0 Å². The number of nitrogens with one attached hydrogen (secondary N) is 1. The number of benzene rings is 2. The van der Waals surface area contributed by atoms with Gasteiger partial charge in [-0.25, -0.2) is 0 Å². The van der Waals surface area contributed by atoms with E-state index >= 15 is 0 Å². The number of aryl methyl sites for hydroxylation is 1. The standard InChI is InChI=1S/C17H18N4/c1-13-5-3-4-6-17(13)14(2)20-15-7-9-16(10-8-15)21-18-11-12-19-21/h3-12,14,20H,1-2H3. The van der Waals surface area contributed by atoms with E-state index in [4.69, 9.17) is 0 Å². The third-order valence-corrected chi connectivity index (χ3v) is 3.56. The molecule has 1 N–H and O–H groups in total. The van der Waals surface area contributed by atoms with Gasteiger partial charge in [0.2, 0.25) is 0 Å². The van der Waals surface area contributed by atoms with E-state index in [-0.39, 0.29) is 6.04 Å². The summed E-state index contributed by atoms with van der Waals surface area (Å²) in [5.74, 6) is 0. The van der Waals surface area contributed by atoms with Crippen molar-refractivity contribution in [3.05, 3.63) is 72.1 Å². The number of nitrogens with zero attached hydrogens (tertiary/aromatic N) is 3. The molecule has 0 saturated heterocycles. The average Bonchev–Trinajstić information content (AvgIpc) is 3.02. The summed E-state index contributed by atoms with van der Waals surface area (Å²) in [6.07, 6.45) is 3.35. The van der Waals surface area contributed by atoms with Gasteiger partial charge in [0, 0.05) is 11.7 Å². The van der Waals surface area contributed by atoms with Gasteiger partial charge in [0.1, 0.15) is 0 Å². The fourth-order valence-electron chi connectivity index (χ4n) is 2.44. The van der Waals surface area contributed by atoms with Crippen LogP contribution in [0.2, 0.25) is 0 Å². The van der Waals surface area contributed by atoms with E-state index in [0.29, 0.717) is 0 Å². The zero-order valence-electron chi connectivity index (χ0n) is 12.2. The van der Waals surface area contributed by atoms with E-state index in [1.54, 1.807) is 17.2 Å². The molecular weight excluding hydrogens is 260 g/mol. The highest BCUT2D eigenvalue weighted by Gasteiger charge is 2.07. The Kier molecular flexibility index (Phi) is 3.69. The molecule has 2 aromatic carbocycles. The third-order valence-electron chi connectivity index (χ3n) is 3.56. The molecule has 4 nitrogen and oxygen atoms in total. The molecule has 0 aliphatic heterocycles. The van der Waals surface area contributed by atoms with Crippen molar-refractivity contribution >= 4 is 5.69 Å². The Morgan fingerprint density at radius 2 is 1.62 bits per heavy atom. The Hall–Kier alpha value is -2.62. The maximum atomic E-state index is 4.12. The van der Waals surface area contributed by atoms with Crippen LogP contribution in [0.4, 0.5) is 5.69 Å². The summed E-state index contributed by atoms with van der Waals surface area (Å²) in [4.78, 5) is 1.61. The van der Waals surface area contributed by atoms with Gasteiger partial charge >= 0.3 is 0 Å². The van der Waals surface area contributed by atoms with Crippen LogP contribution in [0.15, 0.2) is 60.9 Å². The molecule has 1 atom stereocenters. The number of aromatic nitrogens is 3. The number of hydrogen-bond donors (Lipinski definition) is 1. The van der Waals surface area contributed by atoms with E-state index in [1.165, 1.54) is 11.1 Å². The van der Waals surface area contributed by atoms with Crippen molar-refractivity contribution in [2.24, 2.45) is 0 Å². The third kappa shape index (κ3) is 2.94. The Labute approximate surface area is 124 Å². The summed E-state index contributed by atoms with van der Waals surface area (Å²) >= 11 is 0. The van der Waals surface area contributed by atoms with Crippen molar-refractivity contribution in [2.75, 3.05) is 5.32 Å². The molecule has 1 aromatic heterocycles. The molecule has 106 valence electrons. The second-order valence-corrected chi connectivity index (χ2v) is 5.09. The van der Waals surface area contributed by atoms with Crippen LogP contribution in [0.5, 0.6) is 0 Å². The lowest BCUT2D eigenvalue weighted by Gasteiger charge is -2.18. The van der Waals surface area contributed by atoms with E-state index in [9.17, 15) is 0 Å². The van der Waals surface area contributed by atoms with Crippen molar-refractivity contribution < 1.29 is 0 Å². The lowest BCUT2D eigenvalue weighted by atomic mass is 10.0. The van der Waals surface area contributed by atoms with Crippen molar-refractivity contribution in [1.29, 1.82) is 0 Å². The fraction of sp³-hybridized carbons (Fsp3) is 0.176. The molecule has 3 rings (SSSR count). The van der Waals surface area contributed by atoms with E-state index in [2.05, 4.69) is 53.6 Å². The summed E-state index contributed by atoms with van der Waals surface area (Å²) in [5, 5.41) is 11.8. The quantitative estimate of drug-likeness (QED) is 0.790.